The number of aromatic nitrogens is 1. The normalized spacial score (nSPS) is 20.1. The Kier molecular flexibility index (Phi) is 5.22. The summed E-state index contributed by atoms with van der Waals surface area (Å²) in [5, 5.41) is 4.83. The number of hydrogen-bond acceptors (Lipinski definition) is 4. The molecule has 1 aliphatic carbocycles. The molecule has 108 valence electrons. The van der Waals surface area contributed by atoms with Gasteiger partial charge in [0.05, 0.1) is 5.69 Å². The number of rotatable bonds is 6. The number of nitrogens with zero attached hydrogens (tertiary/aromatic N) is 2. The Balaban J connectivity index is 2.24. The quantitative estimate of drug-likeness (QED) is 0.860. The topological polar surface area (TPSA) is 28.2 Å². The zero-order valence-corrected chi connectivity index (χ0v) is 13.5. The molecule has 0 fully saturated rings. The van der Waals surface area contributed by atoms with E-state index in [-0.39, 0.29) is 0 Å². The monoisotopic (exact) mass is 281 g/mol. The molecule has 0 saturated heterocycles. The van der Waals surface area contributed by atoms with Crippen molar-refractivity contribution in [1.82, 2.24) is 10.3 Å². The molecular formula is C15H27N3S. The smallest absolute Gasteiger partial charge is 0.186 e. The van der Waals surface area contributed by atoms with Gasteiger partial charge in [-0.2, -0.15) is 0 Å². The van der Waals surface area contributed by atoms with Crippen molar-refractivity contribution in [2.45, 2.75) is 65.5 Å². The Morgan fingerprint density at radius 3 is 2.84 bits per heavy atom. The summed E-state index contributed by atoms with van der Waals surface area (Å²) in [4.78, 5) is 8.87. The molecule has 2 unspecified atom stereocenters. The number of anilines is 1. The average molecular weight is 281 g/mol. The van der Waals surface area contributed by atoms with E-state index in [0.29, 0.717) is 12.1 Å². The molecule has 19 heavy (non-hydrogen) atoms. The van der Waals surface area contributed by atoms with Crippen molar-refractivity contribution >= 4 is 16.5 Å². The first-order chi connectivity index (χ1) is 9.21. The van der Waals surface area contributed by atoms with Crippen LogP contribution in [0.2, 0.25) is 0 Å². The number of nitrogens with one attached hydrogen (secondary N) is 1. The lowest BCUT2D eigenvalue weighted by Gasteiger charge is -2.26. The molecule has 0 amide bonds. The van der Waals surface area contributed by atoms with E-state index in [9.17, 15) is 0 Å². The molecule has 3 nitrogen and oxygen atoms in total. The van der Waals surface area contributed by atoms with E-state index in [1.165, 1.54) is 35.0 Å². The SMILES string of the molecule is CCNC1CCCc2nc(N(CC)C(C)CC)sc21. The van der Waals surface area contributed by atoms with Crippen LogP contribution in [0.3, 0.4) is 0 Å². The van der Waals surface area contributed by atoms with Gasteiger partial charge in [0.2, 0.25) is 0 Å². The maximum atomic E-state index is 4.93. The van der Waals surface area contributed by atoms with Crippen molar-refractivity contribution in [2.24, 2.45) is 0 Å². The first-order valence-electron chi connectivity index (χ1n) is 7.70. The van der Waals surface area contributed by atoms with Gasteiger partial charge in [-0.15, -0.1) is 0 Å². The highest BCUT2D eigenvalue weighted by Gasteiger charge is 2.26. The van der Waals surface area contributed by atoms with Crippen LogP contribution in [-0.2, 0) is 6.42 Å². The van der Waals surface area contributed by atoms with Gasteiger partial charge in [0.1, 0.15) is 0 Å². The predicted octanol–water partition coefficient (Wildman–Crippen LogP) is 3.75. The highest BCUT2D eigenvalue weighted by molar-refractivity contribution is 7.15. The molecule has 0 spiro atoms. The number of thiazole rings is 1. The molecule has 0 aliphatic heterocycles. The van der Waals surface area contributed by atoms with Crippen molar-refractivity contribution < 1.29 is 0 Å². The second-order valence-electron chi connectivity index (χ2n) is 5.35. The summed E-state index contributed by atoms with van der Waals surface area (Å²) < 4.78 is 0. The molecule has 1 heterocycles. The highest BCUT2D eigenvalue weighted by atomic mass is 32.1. The van der Waals surface area contributed by atoms with Crippen LogP contribution < -0.4 is 10.2 Å². The molecule has 4 heteroatoms. The summed E-state index contributed by atoms with van der Waals surface area (Å²) in [6.45, 7) is 11.1. The summed E-state index contributed by atoms with van der Waals surface area (Å²) in [7, 11) is 0. The van der Waals surface area contributed by atoms with E-state index in [2.05, 4.69) is 37.9 Å². The van der Waals surface area contributed by atoms with Crippen LogP contribution >= 0.6 is 11.3 Å². The molecular weight excluding hydrogens is 254 g/mol. The molecule has 0 aromatic carbocycles. The van der Waals surface area contributed by atoms with Gasteiger partial charge in [-0.1, -0.05) is 25.2 Å². The van der Waals surface area contributed by atoms with Crippen LogP contribution in [0.4, 0.5) is 5.13 Å². The summed E-state index contributed by atoms with van der Waals surface area (Å²) in [5.74, 6) is 0. The van der Waals surface area contributed by atoms with Gasteiger partial charge in [-0.25, -0.2) is 4.98 Å². The fourth-order valence-electron chi connectivity index (χ4n) is 2.83. The molecule has 2 rings (SSSR count). The third-order valence-corrected chi connectivity index (χ3v) is 5.35. The van der Waals surface area contributed by atoms with E-state index in [4.69, 9.17) is 4.98 Å². The minimum Gasteiger partial charge on any atom is -0.346 e. The van der Waals surface area contributed by atoms with E-state index < -0.39 is 0 Å². The van der Waals surface area contributed by atoms with Crippen LogP contribution in [0.15, 0.2) is 0 Å². The number of aryl methyl sites for hydroxylation is 1. The molecule has 0 radical (unpaired) electrons. The Bertz CT molecular complexity index is 402. The van der Waals surface area contributed by atoms with Gasteiger partial charge >= 0.3 is 0 Å². The summed E-state index contributed by atoms with van der Waals surface area (Å²) in [6.07, 6.45) is 4.86. The molecule has 1 aliphatic rings. The van der Waals surface area contributed by atoms with Crippen LogP contribution in [0.5, 0.6) is 0 Å². The first kappa shape index (κ1) is 14.8. The van der Waals surface area contributed by atoms with Gasteiger partial charge in [0.25, 0.3) is 0 Å². The largest absolute Gasteiger partial charge is 0.346 e. The van der Waals surface area contributed by atoms with Gasteiger partial charge in [-0.05, 0) is 46.1 Å². The zero-order valence-electron chi connectivity index (χ0n) is 12.7. The van der Waals surface area contributed by atoms with Gasteiger partial charge in [0, 0.05) is 23.5 Å². The van der Waals surface area contributed by atoms with Crippen LogP contribution in [0.1, 0.15) is 63.6 Å². The lowest BCUT2D eigenvalue weighted by atomic mass is 9.98. The van der Waals surface area contributed by atoms with Crippen molar-refractivity contribution in [1.29, 1.82) is 0 Å². The third kappa shape index (κ3) is 3.11. The first-order valence-corrected chi connectivity index (χ1v) is 8.52. The predicted molar refractivity (Wildman–Crippen MR) is 84.2 cm³/mol. The van der Waals surface area contributed by atoms with Crippen molar-refractivity contribution in [3.8, 4) is 0 Å². The summed E-state index contributed by atoms with van der Waals surface area (Å²) in [5.41, 5.74) is 1.35. The molecule has 1 aromatic rings. The molecule has 2 atom stereocenters. The second-order valence-corrected chi connectivity index (χ2v) is 6.36. The van der Waals surface area contributed by atoms with E-state index in [1.54, 1.807) is 0 Å². The van der Waals surface area contributed by atoms with Crippen molar-refractivity contribution in [3.63, 3.8) is 0 Å². The molecule has 1 aromatic heterocycles. The highest BCUT2D eigenvalue weighted by Crippen LogP contribution is 2.38. The second kappa shape index (κ2) is 6.71. The molecule has 0 bridgehead atoms. The van der Waals surface area contributed by atoms with Crippen LogP contribution in [0, 0.1) is 0 Å². The Morgan fingerprint density at radius 2 is 2.21 bits per heavy atom. The number of fused-ring (bicyclic) bond motifs is 1. The van der Waals surface area contributed by atoms with E-state index in [1.807, 2.05) is 11.3 Å². The zero-order chi connectivity index (χ0) is 13.8. The summed E-state index contributed by atoms with van der Waals surface area (Å²) in [6, 6.07) is 1.12. The van der Waals surface area contributed by atoms with E-state index in [0.717, 1.165) is 19.5 Å². The van der Waals surface area contributed by atoms with Crippen LogP contribution in [-0.4, -0.2) is 24.1 Å². The lowest BCUT2D eigenvalue weighted by molar-refractivity contribution is 0.476. The standard InChI is InChI=1S/C15H27N3S/c1-5-11(4)18(7-3)15-17-13-10-8-9-12(16-6-2)14(13)19-15/h11-12,16H,5-10H2,1-4H3. The number of hydrogen-bond donors (Lipinski definition) is 1. The fourth-order valence-corrected chi connectivity index (χ4v) is 4.21. The van der Waals surface area contributed by atoms with Crippen LogP contribution in [0.25, 0.3) is 0 Å². The minimum atomic E-state index is 0.538. The molecule has 1 N–H and O–H groups in total. The Labute approximate surface area is 121 Å². The van der Waals surface area contributed by atoms with E-state index >= 15 is 0 Å². The lowest BCUT2D eigenvalue weighted by Crippen LogP contribution is -2.32. The Hall–Kier alpha value is -0.610. The Morgan fingerprint density at radius 1 is 1.42 bits per heavy atom. The van der Waals surface area contributed by atoms with Gasteiger partial charge in [0.15, 0.2) is 5.13 Å². The minimum absolute atomic E-state index is 0.538. The van der Waals surface area contributed by atoms with Crippen molar-refractivity contribution in [3.05, 3.63) is 10.6 Å². The molecule has 0 saturated carbocycles. The fraction of sp³-hybridized carbons (Fsp3) is 0.800. The maximum absolute atomic E-state index is 4.93. The summed E-state index contributed by atoms with van der Waals surface area (Å²) >= 11 is 1.91. The average Bonchev–Trinajstić information content (AvgIpc) is 2.84. The maximum Gasteiger partial charge on any atom is 0.186 e. The van der Waals surface area contributed by atoms with Gasteiger partial charge in [-0.3, -0.25) is 0 Å². The van der Waals surface area contributed by atoms with Gasteiger partial charge < -0.3 is 10.2 Å². The van der Waals surface area contributed by atoms with Crippen molar-refractivity contribution in [2.75, 3.05) is 18.0 Å². The third-order valence-electron chi connectivity index (χ3n) is 4.10.